The molecule has 0 aromatic heterocycles. The molecule has 0 bridgehead atoms. The van der Waals surface area contributed by atoms with Gasteiger partial charge in [0.15, 0.2) is 0 Å². The van der Waals surface area contributed by atoms with Crippen LogP contribution in [0.4, 0.5) is 0 Å². The van der Waals surface area contributed by atoms with Crippen molar-refractivity contribution in [2.75, 3.05) is 13.2 Å². The van der Waals surface area contributed by atoms with Crippen LogP contribution in [-0.2, 0) is 9.78 Å². The maximum Gasteiger partial charge on any atom is 0.0888 e. The predicted octanol–water partition coefficient (Wildman–Crippen LogP) is -0.0884. The highest BCUT2D eigenvalue weighted by Gasteiger charge is 2.20. The van der Waals surface area contributed by atoms with Gasteiger partial charge in [0.25, 0.3) is 0 Å². The van der Waals surface area contributed by atoms with Gasteiger partial charge in [-0.2, -0.15) is 0 Å². The molecule has 1 rings (SSSR count). The van der Waals surface area contributed by atoms with Crippen LogP contribution in [0.3, 0.4) is 0 Å². The second kappa shape index (κ2) is 2.44. The Labute approximate surface area is 48.7 Å². The van der Waals surface area contributed by atoms with Crippen LogP contribution >= 0.6 is 0 Å². The highest BCUT2D eigenvalue weighted by Crippen LogP contribution is 2.09. The van der Waals surface area contributed by atoms with E-state index in [-0.39, 0.29) is 6.04 Å². The van der Waals surface area contributed by atoms with Crippen LogP contribution in [-0.4, -0.2) is 19.3 Å². The summed E-state index contributed by atoms with van der Waals surface area (Å²) in [7, 11) is 0. The van der Waals surface area contributed by atoms with Crippen LogP contribution in [0.2, 0.25) is 0 Å². The van der Waals surface area contributed by atoms with E-state index in [4.69, 9.17) is 5.73 Å². The van der Waals surface area contributed by atoms with Crippen LogP contribution in [0, 0.1) is 5.92 Å². The van der Waals surface area contributed by atoms with Crippen molar-refractivity contribution >= 4 is 0 Å². The maximum atomic E-state index is 5.54. The summed E-state index contributed by atoms with van der Waals surface area (Å²) in [5, 5.41) is 0. The van der Waals surface area contributed by atoms with Crippen molar-refractivity contribution in [1.29, 1.82) is 0 Å². The van der Waals surface area contributed by atoms with Crippen molar-refractivity contribution in [1.82, 2.24) is 0 Å². The van der Waals surface area contributed by atoms with Crippen molar-refractivity contribution in [2.45, 2.75) is 13.0 Å². The molecule has 1 unspecified atom stereocenters. The fourth-order valence-corrected chi connectivity index (χ4v) is 0.623. The third kappa shape index (κ3) is 1.18. The molecule has 0 saturated carbocycles. The molecule has 48 valence electrons. The van der Waals surface area contributed by atoms with Crippen LogP contribution in [0.15, 0.2) is 0 Å². The first-order valence-electron chi connectivity index (χ1n) is 2.80. The van der Waals surface area contributed by atoms with Gasteiger partial charge in [0.1, 0.15) is 0 Å². The highest BCUT2D eigenvalue weighted by molar-refractivity contribution is 4.68. The molecule has 1 fully saturated rings. The van der Waals surface area contributed by atoms with Gasteiger partial charge in [-0.3, -0.25) is 0 Å². The van der Waals surface area contributed by atoms with E-state index >= 15 is 0 Å². The summed E-state index contributed by atoms with van der Waals surface area (Å²) in [6.45, 7) is 3.26. The normalized spacial score (nSPS) is 26.2. The lowest BCUT2D eigenvalue weighted by molar-refractivity contribution is -0.248. The van der Waals surface area contributed by atoms with Crippen molar-refractivity contribution < 1.29 is 9.78 Å². The zero-order valence-corrected chi connectivity index (χ0v) is 4.96. The Morgan fingerprint density at radius 1 is 1.50 bits per heavy atom. The molecule has 2 N–H and O–H groups in total. The van der Waals surface area contributed by atoms with Crippen LogP contribution in [0.1, 0.15) is 6.92 Å². The number of hydrogen-bond donors (Lipinski definition) is 1. The molecule has 0 aromatic carbocycles. The van der Waals surface area contributed by atoms with Gasteiger partial charge < -0.3 is 5.73 Å². The average Bonchev–Trinajstić information content (AvgIpc) is 2.12. The van der Waals surface area contributed by atoms with E-state index < -0.39 is 0 Å². The fraction of sp³-hybridized carbons (Fsp3) is 1.00. The number of rotatable bonds is 1. The van der Waals surface area contributed by atoms with Gasteiger partial charge in [-0.1, -0.05) is 0 Å². The lowest BCUT2D eigenvalue weighted by Gasteiger charge is -2.07. The minimum absolute atomic E-state index is 0.192. The van der Waals surface area contributed by atoms with Gasteiger partial charge in [0.05, 0.1) is 13.2 Å². The Kier molecular flexibility index (Phi) is 1.83. The second-order valence-electron chi connectivity index (χ2n) is 2.19. The van der Waals surface area contributed by atoms with Crippen molar-refractivity contribution in [3.05, 3.63) is 0 Å². The molecular weight excluding hydrogens is 106 g/mol. The molecule has 3 nitrogen and oxygen atoms in total. The first-order valence-corrected chi connectivity index (χ1v) is 2.80. The minimum Gasteiger partial charge on any atom is -0.328 e. The number of nitrogens with two attached hydrogens (primary N) is 1. The summed E-state index contributed by atoms with van der Waals surface area (Å²) in [6, 6.07) is 0.192. The Bertz CT molecular complexity index is 68.8. The van der Waals surface area contributed by atoms with Crippen molar-refractivity contribution in [2.24, 2.45) is 11.7 Å². The van der Waals surface area contributed by atoms with E-state index in [0.717, 1.165) is 0 Å². The maximum absolute atomic E-state index is 5.54. The molecule has 1 atom stereocenters. The number of hydrogen-bond acceptors (Lipinski definition) is 3. The summed E-state index contributed by atoms with van der Waals surface area (Å²) in [5.74, 6) is 0.398. The molecule has 0 radical (unpaired) electrons. The Hall–Kier alpha value is -0.120. The molecule has 0 amide bonds. The lowest BCUT2D eigenvalue weighted by Crippen LogP contribution is -2.28. The Morgan fingerprint density at radius 3 is 2.25 bits per heavy atom. The third-order valence-corrected chi connectivity index (χ3v) is 1.39. The van der Waals surface area contributed by atoms with Gasteiger partial charge in [-0.25, -0.2) is 9.78 Å². The molecule has 0 aromatic rings. The van der Waals surface area contributed by atoms with E-state index in [1.54, 1.807) is 0 Å². The minimum atomic E-state index is 0.192. The van der Waals surface area contributed by atoms with Crippen molar-refractivity contribution in [3.63, 3.8) is 0 Å². The van der Waals surface area contributed by atoms with E-state index in [0.29, 0.717) is 19.1 Å². The standard InChI is InChI=1S/C5H11NO2/c1-4(6)5-2-7-8-3-5/h4-5H,2-3,6H2,1H3. The third-order valence-electron chi connectivity index (χ3n) is 1.39. The SMILES string of the molecule is CC(N)C1COOC1. The zero-order chi connectivity index (χ0) is 5.98. The molecular formula is C5H11NO2. The average molecular weight is 117 g/mol. The second-order valence-corrected chi connectivity index (χ2v) is 2.19. The van der Waals surface area contributed by atoms with E-state index in [1.807, 2.05) is 6.92 Å². The van der Waals surface area contributed by atoms with Gasteiger partial charge in [-0.15, -0.1) is 0 Å². The Balaban J connectivity index is 2.24. The summed E-state index contributed by atoms with van der Waals surface area (Å²) in [5.41, 5.74) is 5.54. The van der Waals surface area contributed by atoms with Crippen LogP contribution < -0.4 is 5.73 Å². The van der Waals surface area contributed by atoms with Crippen LogP contribution in [0.5, 0.6) is 0 Å². The van der Waals surface area contributed by atoms with Gasteiger partial charge in [-0.05, 0) is 6.92 Å². The predicted molar refractivity (Wildman–Crippen MR) is 29.0 cm³/mol. The quantitative estimate of drug-likeness (QED) is 0.488. The van der Waals surface area contributed by atoms with Gasteiger partial charge in [0.2, 0.25) is 0 Å². The molecule has 1 saturated heterocycles. The van der Waals surface area contributed by atoms with Crippen molar-refractivity contribution in [3.8, 4) is 0 Å². The molecule has 0 aliphatic carbocycles. The van der Waals surface area contributed by atoms with E-state index in [2.05, 4.69) is 9.78 Å². The Morgan fingerprint density at radius 2 is 2.00 bits per heavy atom. The van der Waals surface area contributed by atoms with E-state index in [1.165, 1.54) is 0 Å². The molecule has 8 heavy (non-hydrogen) atoms. The zero-order valence-electron chi connectivity index (χ0n) is 4.96. The lowest BCUT2D eigenvalue weighted by atomic mass is 10.1. The largest absolute Gasteiger partial charge is 0.328 e. The molecule has 3 heteroatoms. The van der Waals surface area contributed by atoms with E-state index in [9.17, 15) is 0 Å². The smallest absolute Gasteiger partial charge is 0.0888 e. The molecule has 1 heterocycles. The monoisotopic (exact) mass is 117 g/mol. The summed E-state index contributed by atoms with van der Waals surface area (Å²) >= 11 is 0. The fourth-order valence-electron chi connectivity index (χ4n) is 0.623. The summed E-state index contributed by atoms with van der Waals surface area (Å²) in [4.78, 5) is 9.28. The van der Waals surface area contributed by atoms with Gasteiger partial charge >= 0.3 is 0 Å². The molecule has 1 aliphatic rings. The van der Waals surface area contributed by atoms with Gasteiger partial charge in [0, 0.05) is 12.0 Å². The highest BCUT2D eigenvalue weighted by atomic mass is 17.2. The summed E-state index contributed by atoms with van der Waals surface area (Å²) < 4.78 is 0. The first kappa shape index (κ1) is 6.01. The summed E-state index contributed by atoms with van der Waals surface area (Å²) in [6.07, 6.45) is 0. The van der Waals surface area contributed by atoms with Crippen LogP contribution in [0.25, 0.3) is 0 Å². The topological polar surface area (TPSA) is 44.5 Å². The molecule has 0 spiro atoms. The first-order chi connectivity index (χ1) is 3.80. The molecule has 1 aliphatic heterocycles.